The predicted molar refractivity (Wildman–Crippen MR) is 96.7 cm³/mol. The summed E-state index contributed by atoms with van der Waals surface area (Å²) >= 11 is 0. The van der Waals surface area contributed by atoms with Gasteiger partial charge >= 0.3 is 0 Å². The summed E-state index contributed by atoms with van der Waals surface area (Å²) < 4.78 is 10.8. The van der Waals surface area contributed by atoms with E-state index in [0.717, 1.165) is 18.1 Å². The summed E-state index contributed by atoms with van der Waals surface area (Å²) in [5, 5.41) is 6.52. The summed E-state index contributed by atoms with van der Waals surface area (Å²) in [6, 6.07) is 12.8. The number of hydrogen-bond acceptors (Lipinski definition) is 5. The van der Waals surface area contributed by atoms with Gasteiger partial charge in [-0.1, -0.05) is 23.4 Å². The number of nitrogens with zero attached hydrogens (tertiary/aromatic N) is 3. The van der Waals surface area contributed by atoms with E-state index in [1.807, 2.05) is 6.07 Å². The van der Waals surface area contributed by atoms with Gasteiger partial charge in [-0.25, -0.2) is 0 Å². The molecule has 0 radical (unpaired) electrons. The minimum absolute atomic E-state index is 0.0894. The highest BCUT2D eigenvalue weighted by Gasteiger charge is 2.30. The van der Waals surface area contributed by atoms with Crippen LogP contribution < -0.4 is 4.74 Å². The van der Waals surface area contributed by atoms with Crippen molar-refractivity contribution in [1.82, 2.24) is 15.0 Å². The lowest BCUT2D eigenvalue weighted by Gasteiger charge is -2.21. The molecule has 1 saturated carbocycles. The Labute approximate surface area is 147 Å². The summed E-state index contributed by atoms with van der Waals surface area (Å²) in [6.07, 6.45) is 2.37. The average molecular weight is 337 g/mol. The zero-order valence-corrected chi connectivity index (χ0v) is 14.9. The lowest BCUT2D eigenvalue weighted by Crippen LogP contribution is -2.22. The van der Waals surface area contributed by atoms with Crippen molar-refractivity contribution in [2.45, 2.75) is 38.3 Å². The van der Waals surface area contributed by atoms with Crippen LogP contribution in [0.2, 0.25) is 0 Å². The standard InChI is InChI=1S/C20H23N3O2/c1-13(20-21-19(22-25-20)15-6-7-15)23(2)12-14-4-5-17-11-18(24-3)9-8-16(17)10-14/h4-5,8-11,13,15H,6-7,12H2,1-3H3/t13-/m1/s1. The molecule has 0 saturated heterocycles. The molecule has 4 rings (SSSR count). The molecule has 0 bridgehead atoms. The third-order valence-corrected chi connectivity index (χ3v) is 4.96. The van der Waals surface area contributed by atoms with Crippen LogP contribution in [0.4, 0.5) is 0 Å². The van der Waals surface area contributed by atoms with Gasteiger partial charge in [0.2, 0.25) is 5.89 Å². The summed E-state index contributed by atoms with van der Waals surface area (Å²) in [7, 11) is 3.78. The molecule has 0 spiro atoms. The normalized spacial score (nSPS) is 15.7. The number of methoxy groups -OCH3 is 1. The largest absolute Gasteiger partial charge is 0.497 e. The van der Waals surface area contributed by atoms with Crippen molar-refractivity contribution >= 4 is 10.8 Å². The Morgan fingerprint density at radius 3 is 2.72 bits per heavy atom. The van der Waals surface area contributed by atoms with Gasteiger partial charge in [0.25, 0.3) is 0 Å². The van der Waals surface area contributed by atoms with Gasteiger partial charge in [-0.05, 0) is 61.3 Å². The Hall–Kier alpha value is -2.40. The minimum Gasteiger partial charge on any atom is -0.497 e. The molecule has 2 aromatic carbocycles. The Bertz CT molecular complexity index is 886. The topological polar surface area (TPSA) is 51.4 Å². The molecule has 1 fully saturated rings. The molecule has 5 nitrogen and oxygen atoms in total. The number of hydrogen-bond donors (Lipinski definition) is 0. The zero-order valence-electron chi connectivity index (χ0n) is 14.9. The average Bonchev–Trinajstić information content (AvgIpc) is 3.37. The first-order chi connectivity index (χ1) is 12.1. The molecule has 1 atom stereocenters. The summed E-state index contributed by atoms with van der Waals surface area (Å²) in [6.45, 7) is 2.93. The van der Waals surface area contributed by atoms with E-state index in [9.17, 15) is 0 Å². The molecule has 0 aliphatic heterocycles. The number of rotatable bonds is 6. The van der Waals surface area contributed by atoms with Crippen molar-refractivity contribution in [2.24, 2.45) is 0 Å². The van der Waals surface area contributed by atoms with E-state index >= 15 is 0 Å². The summed E-state index contributed by atoms with van der Waals surface area (Å²) in [4.78, 5) is 6.80. The second-order valence-corrected chi connectivity index (χ2v) is 6.90. The number of ether oxygens (including phenoxy) is 1. The van der Waals surface area contributed by atoms with Gasteiger partial charge in [0.15, 0.2) is 5.82 Å². The third-order valence-electron chi connectivity index (χ3n) is 4.96. The van der Waals surface area contributed by atoms with E-state index in [1.165, 1.54) is 29.2 Å². The molecular formula is C20H23N3O2. The van der Waals surface area contributed by atoms with Gasteiger partial charge in [-0.3, -0.25) is 4.90 Å². The van der Waals surface area contributed by atoms with E-state index in [-0.39, 0.29) is 6.04 Å². The van der Waals surface area contributed by atoms with Crippen molar-refractivity contribution in [1.29, 1.82) is 0 Å². The SMILES string of the molecule is COc1ccc2cc(CN(C)[C@H](C)c3nc(C4CC4)no3)ccc2c1. The van der Waals surface area contributed by atoms with Crippen LogP contribution >= 0.6 is 0 Å². The van der Waals surface area contributed by atoms with Gasteiger partial charge in [0, 0.05) is 12.5 Å². The van der Waals surface area contributed by atoms with Crippen molar-refractivity contribution in [3.63, 3.8) is 0 Å². The molecule has 1 aliphatic carbocycles. The maximum absolute atomic E-state index is 5.47. The number of fused-ring (bicyclic) bond motifs is 1. The van der Waals surface area contributed by atoms with Crippen LogP contribution in [0.5, 0.6) is 5.75 Å². The number of benzene rings is 2. The minimum atomic E-state index is 0.0894. The molecule has 25 heavy (non-hydrogen) atoms. The Morgan fingerprint density at radius 1 is 1.20 bits per heavy atom. The van der Waals surface area contributed by atoms with Crippen molar-refractivity contribution < 1.29 is 9.26 Å². The van der Waals surface area contributed by atoms with Gasteiger partial charge in [0.05, 0.1) is 13.2 Å². The van der Waals surface area contributed by atoms with Gasteiger partial charge in [-0.15, -0.1) is 0 Å². The van der Waals surface area contributed by atoms with Crippen LogP contribution in [0, 0.1) is 0 Å². The molecule has 5 heteroatoms. The lowest BCUT2D eigenvalue weighted by atomic mass is 10.1. The Balaban J connectivity index is 1.48. The molecule has 1 aliphatic rings. The molecular weight excluding hydrogens is 314 g/mol. The zero-order chi connectivity index (χ0) is 17.4. The molecule has 130 valence electrons. The first kappa shape index (κ1) is 16.1. The van der Waals surface area contributed by atoms with Gasteiger partial charge in [0.1, 0.15) is 5.75 Å². The van der Waals surface area contributed by atoms with Crippen LogP contribution in [0.25, 0.3) is 10.8 Å². The fourth-order valence-electron chi connectivity index (χ4n) is 3.04. The van der Waals surface area contributed by atoms with Crippen LogP contribution in [0.1, 0.15) is 49.0 Å². The van der Waals surface area contributed by atoms with Crippen LogP contribution in [0.15, 0.2) is 40.9 Å². The summed E-state index contributed by atoms with van der Waals surface area (Å²) in [5.41, 5.74) is 1.26. The van der Waals surface area contributed by atoms with E-state index in [1.54, 1.807) is 7.11 Å². The molecule has 0 N–H and O–H groups in total. The van der Waals surface area contributed by atoms with Gasteiger partial charge < -0.3 is 9.26 Å². The van der Waals surface area contributed by atoms with Crippen LogP contribution in [-0.2, 0) is 6.54 Å². The van der Waals surface area contributed by atoms with E-state index in [4.69, 9.17) is 9.26 Å². The highest BCUT2D eigenvalue weighted by molar-refractivity contribution is 5.84. The highest BCUT2D eigenvalue weighted by Crippen LogP contribution is 2.38. The predicted octanol–water partition coefficient (Wildman–Crippen LogP) is 4.30. The number of aromatic nitrogens is 2. The van der Waals surface area contributed by atoms with Crippen molar-refractivity contribution in [3.8, 4) is 5.75 Å². The molecule has 0 amide bonds. The Morgan fingerprint density at radius 2 is 1.96 bits per heavy atom. The van der Waals surface area contributed by atoms with Crippen LogP contribution in [-0.4, -0.2) is 29.2 Å². The fourth-order valence-corrected chi connectivity index (χ4v) is 3.04. The third kappa shape index (κ3) is 3.37. The fraction of sp³-hybridized carbons (Fsp3) is 0.400. The van der Waals surface area contributed by atoms with Crippen molar-refractivity contribution in [3.05, 3.63) is 53.7 Å². The van der Waals surface area contributed by atoms with Crippen LogP contribution in [0.3, 0.4) is 0 Å². The van der Waals surface area contributed by atoms with E-state index in [2.05, 4.69) is 59.3 Å². The molecule has 3 aromatic rings. The second-order valence-electron chi connectivity index (χ2n) is 6.90. The maximum atomic E-state index is 5.47. The molecule has 0 unspecified atom stereocenters. The van der Waals surface area contributed by atoms with E-state index < -0.39 is 0 Å². The highest BCUT2D eigenvalue weighted by atomic mass is 16.5. The first-order valence-electron chi connectivity index (χ1n) is 8.74. The Kier molecular flexibility index (Phi) is 4.17. The smallest absolute Gasteiger partial charge is 0.243 e. The second kappa shape index (κ2) is 6.48. The van der Waals surface area contributed by atoms with Gasteiger partial charge in [-0.2, -0.15) is 4.98 Å². The monoisotopic (exact) mass is 337 g/mol. The quantitative estimate of drug-likeness (QED) is 0.671. The first-order valence-corrected chi connectivity index (χ1v) is 8.74. The lowest BCUT2D eigenvalue weighted by molar-refractivity contribution is 0.202. The van der Waals surface area contributed by atoms with Crippen molar-refractivity contribution in [2.75, 3.05) is 14.2 Å². The molecule has 1 aromatic heterocycles. The van der Waals surface area contributed by atoms with E-state index in [0.29, 0.717) is 11.8 Å². The summed E-state index contributed by atoms with van der Waals surface area (Å²) in [5.74, 6) is 2.98. The maximum Gasteiger partial charge on any atom is 0.243 e. The molecule has 1 heterocycles.